The maximum atomic E-state index is 5.42. The Hall–Kier alpha value is -3.74. The van der Waals surface area contributed by atoms with Crippen LogP contribution in [0.3, 0.4) is 0 Å². The molecule has 4 aromatic carbocycles. The summed E-state index contributed by atoms with van der Waals surface area (Å²) < 4.78 is 0. The lowest BCUT2D eigenvalue weighted by Gasteiger charge is -2.16. The average Bonchev–Trinajstić information content (AvgIpc) is 2.86. The number of rotatable bonds is 6. The second-order valence-electron chi connectivity index (χ2n) is 7.86. The van der Waals surface area contributed by atoms with Crippen molar-refractivity contribution in [2.24, 2.45) is 0 Å². The summed E-state index contributed by atoms with van der Waals surface area (Å²) in [5.74, 6) is 0.256. The van der Waals surface area contributed by atoms with Crippen molar-refractivity contribution in [3.63, 3.8) is 0 Å². The van der Waals surface area contributed by atoms with E-state index in [-0.39, 0.29) is 5.92 Å². The molecule has 4 nitrogen and oxygen atoms in total. The standard InChI is InChI=1S/C28H26N4S2/c1-20(21-12-16-25(17-13-21)31-27(33)29-23-8-4-2-5-9-23)22-14-18-26(19-15-22)32-28(34)30-24-10-6-3-7-11-24/h2-20H,1H3,(H2,29,31,33)(H2,30,32,34). The minimum absolute atomic E-state index is 0.256. The van der Waals surface area contributed by atoms with Crippen molar-refractivity contribution in [3.05, 3.63) is 120 Å². The predicted octanol–water partition coefficient (Wildman–Crippen LogP) is 7.46. The molecule has 4 aromatic rings. The highest BCUT2D eigenvalue weighted by atomic mass is 32.1. The highest BCUT2D eigenvalue weighted by molar-refractivity contribution is 7.81. The van der Waals surface area contributed by atoms with E-state index in [4.69, 9.17) is 24.4 Å². The number of hydrogen-bond donors (Lipinski definition) is 4. The average molecular weight is 483 g/mol. The van der Waals surface area contributed by atoms with Crippen LogP contribution in [0.2, 0.25) is 0 Å². The molecule has 0 saturated heterocycles. The van der Waals surface area contributed by atoms with Gasteiger partial charge in [-0.05, 0) is 84.1 Å². The van der Waals surface area contributed by atoms with Crippen LogP contribution in [0.15, 0.2) is 109 Å². The van der Waals surface area contributed by atoms with Crippen LogP contribution in [-0.4, -0.2) is 10.2 Å². The lowest BCUT2D eigenvalue weighted by molar-refractivity contribution is 0.923. The Kier molecular flexibility index (Phi) is 7.86. The molecule has 6 heteroatoms. The molecule has 0 amide bonds. The van der Waals surface area contributed by atoms with Gasteiger partial charge in [-0.2, -0.15) is 0 Å². The molecule has 0 saturated carbocycles. The first kappa shape index (κ1) is 23.4. The molecule has 0 aliphatic heterocycles. The lowest BCUT2D eigenvalue weighted by atomic mass is 9.93. The number of hydrogen-bond acceptors (Lipinski definition) is 2. The molecule has 4 rings (SSSR count). The first-order chi connectivity index (χ1) is 16.6. The van der Waals surface area contributed by atoms with Crippen molar-refractivity contribution < 1.29 is 0 Å². The SMILES string of the molecule is CC(c1ccc(NC(=S)Nc2ccccc2)cc1)c1ccc(NC(=S)Nc2ccccc2)cc1. The molecule has 0 unspecified atom stereocenters. The van der Waals surface area contributed by atoms with Crippen LogP contribution >= 0.6 is 24.4 Å². The molecule has 4 N–H and O–H groups in total. The third-order valence-corrected chi connectivity index (χ3v) is 5.81. The summed E-state index contributed by atoms with van der Waals surface area (Å²) in [7, 11) is 0. The van der Waals surface area contributed by atoms with Crippen molar-refractivity contribution in [1.29, 1.82) is 0 Å². The fraction of sp³-hybridized carbons (Fsp3) is 0.0714. The number of nitrogens with one attached hydrogen (secondary N) is 4. The van der Waals surface area contributed by atoms with Gasteiger partial charge in [-0.15, -0.1) is 0 Å². The van der Waals surface area contributed by atoms with E-state index in [2.05, 4.69) is 76.7 Å². The molecule has 0 fully saturated rings. The molecule has 34 heavy (non-hydrogen) atoms. The van der Waals surface area contributed by atoms with E-state index in [1.165, 1.54) is 11.1 Å². The fourth-order valence-electron chi connectivity index (χ4n) is 3.53. The number of thiocarbonyl (C=S) groups is 2. The van der Waals surface area contributed by atoms with Gasteiger partial charge in [0.1, 0.15) is 0 Å². The minimum Gasteiger partial charge on any atom is -0.332 e. The predicted molar refractivity (Wildman–Crippen MR) is 153 cm³/mol. The summed E-state index contributed by atoms with van der Waals surface area (Å²) in [4.78, 5) is 0. The van der Waals surface area contributed by atoms with Crippen LogP contribution in [0.5, 0.6) is 0 Å². The molecule has 170 valence electrons. The zero-order valence-electron chi connectivity index (χ0n) is 18.8. The Morgan fingerprint density at radius 2 is 0.765 bits per heavy atom. The van der Waals surface area contributed by atoms with Crippen molar-refractivity contribution >= 4 is 57.4 Å². The van der Waals surface area contributed by atoms with Crippen LogP contribution in [0.25, 0.3) is 0 Å². The van der Waals surface area contributed by atoms with E-state index < -0.39 is 0 Å². The summed E-state index contributed by atoms with van der Waals surface area (Å²) in [6.45, 7) is 2.20. The molecule has 0 heterocycles. The quantitative estimate of drug-likeness (QED) is 0.214. The highest BCUT2D eigenvalue weighted by Crippen LogP contribution is 2.26. The lowest BCUT2D eigenvalue weighted by Crippen LogP contribution is -2.19. The van der Waals surface area contributed by atoms with Crippen LogP contribution in [0.1, 0.15) is 24.0 Å². The van der Waals surface area contributed by atoms with Crippen LogP contribution < -0.4 is 21.3 Å². The molecule has 0 aromatic heterocycles. The van der Waals surface area contributed by atoms with Gasteiger partial charge in [-0.3, -0.25) is 0 Å². The second kappa shape index (κ2) is 11.4. The molecule has 0 aliphatic rings. The van der Waals surface area contributed by atoms with Gasteiger partial charge in [-0.25, -0.2) is 0 Å². The molecular weight excluding hydrogens is 456 g/mol. The minimum atomic E-state index is 0.256. The Bertz CT molecular complexity index is 1130. The maximum Gasteiger partial charge on any atom is 0.175 e. The zero-order valence-corrected chi connectivity index (χ0v) is 20.4. The number of benzene rings is 4. The van der Waals surface area contributed by atoms with Gasteiger partial charge in [0.05, 0.1) is 0 Å². The van der Waals surface area contributed by atoms with Gasteiger partial charge in [-0.1, -0.05) is 67.6 Å². The van der Waals surface area contributed by atoms with E-state index in [0.717, 1.165) is 22.7 Å². The van der Waals surface area contributed by atoms with Crippen molar-refractivity contribution in [2.75, 3.05) is 21.3 Å². The van der Waals surface area contributed by atoms with Crippen LogP contribution in [-0.2, 0) is 0 Å². The normalized spacial score (nSPS) is 10.4. The number of para-hydroxylation sites is 2. The Balaban J connectivity index is 1.32. The summed E-state index contributed by atoms with van der Waals surface area (Å²) in [6.07, 6.45) is 0. The first-order valence-electron chi connectivity index (χ1n) is 11.0. The van der Waals surface area contributed by atoms with E-state index in [9.17, 15) is 0 Å². The molecule has 0 radical (unpaired) electrons. The van der Waals surface area contributed by atoms with Crippen molar-refractivity contribution in [2.45, 2.75) is 12.8 Å². The van der Waals surface area contributed by atoms with E-state index in [0.29, 0.717) is 10.2 Å². The van der Waals surface area contributed by atoms with Crippen molar-refractivity contribution in [1.82, 2.24) is 0 Å². The third kappa shape index (κ3) is 6.63. The largest absolute Gasteiger partial charge is 0.332 e. The molecule has 0 bridgehead atoms. The Morgan fingerprint density at radius 3 is 1.09 bits per heavy atom. The number of anilines is 4. The van der Waals surface area contributed by atoms with E-state index >= 15 is 0 Å². The summed E-state index contributed by atoms with van der Waals surface area (Å²) >= 11 is 10.8. The molecular formula is C28H26N4S2. The zero-order chi connectivity index (χ0) is 23.8. The van der Waals surface area contributed by atoms with Gasteiger partial charge >= 0.3 is 0 Å². The van der Waals surface area contributed by atoms with Gasteiger partial charge in [0.25, 0.3) is 0 Å². The second-order valence-corrected chi connectivity index (χ2v) is 8.67. The summed E-state index contributed by atoms with van der Waals surface area (Å²) in [5, 5.41) is 14.0. The van der Waals surface area contributed by atoms with Gasteiger partial charge < -0.3 is 21.3 Å². The first-order valence-corrected chi connectivity index (χ1v) is 11.8. The topological polar surface area (TPSA) is 48.1 Å². The Morgan fingerprint density at radius 1 is 0.471 bits per heavy atom. The smallest absolute Gasteiger partial charge is 0.175 e. The van der Waals surface area contributed by atoms with Gasteiger partial charge in [0.2, 0.25) is 0 Å². The van der Waals surface area contributed by atoms with E-state index in [1.807, 2.05) is 60.7 Å². The fourth-order valence-corrected chi connectivity index (χ4v) is 4.00. The Labute approximate surface area is 211 Å². The monoisotopic (exact) mass is 482 g/mol. The van der Waals surface area contributed by atoms with E-state index in [1.54, 1.807) is 0 Å². The molecule has 0 atom stereocenters. The summed E-state index contributed by atoms with van der Waals surface area (Å²) in [5.41, 5.74) is 6.27. The third-order valence-electron chi connectivity index (χ3n) is 5.40. The van der Waals surface area contributed by atoms with Crippen LogP contribution in [0, 0.1) is 0 Å². The molecule has 0 spiro atoms. The highest BCUT2D eigenvalue weighted by Gasteiger charge is 2.09. The van der Waals surface area contributed by atoms with Gasteiger partial charge in [0, 0.05) is 28.7 Å². The summed E-state index contributed by atoms with van der Waals surface area (Å²) in [6, 6.07) is 36.5. The van der Waals surface area contributed by atoms with Crippen LogP contribution in [0.4, 0.5) is 22.7 Å². The van der Waals surface area contributed by atoms with Gasteiger partial charge in [0.15, 0.2) is 10.2 Å². The van der Waals surface area contributed by atoms with Crippen molar-refractivity contribution in [3.8, 4) is 0 Å². The maximum absolute atomic E-state index is 5.42. The molecule has 0 aliphatic carbocycles.